The molecule has 2 aromatic carbocycles. The molecule has 0 atom stereocenters. The maximum absolute atomic E-state index is 11.9. The number of para-hydroxylation sites is 1. The lowest BCUT2D eigenvalue weighted by molar-refractivity contribution is 0.251. The third-order valence-electron chi connectivity index (χ3n) is 3.70. The van der Waals surface area contributed by atoms with Gasteiger partial charge >= 0.3 is 11.8 Å². The van der Waals surface area contributed by atoms with Gasteiger partial charge in [0.15, 0.2) is 5.58 Å². The predicted octanol–water partition coefficient (Wildman–Crippen LogP) is 3.57. The number of aromatic nitrogens is 2. The summed E-state index contributed by atoms with van der Waals surface area (Å²) in [7, 11) is 0. The van der Waals surface area contributed by atoms with Crippen LogP contribution in [0.1, 0.15) is 5.01 Å². The summed E-state index contributed by atoms with van der Waals surface area (Å²) in [6.45, 7) is 0.324. The van der Waals surface area contributed by atoms with E-state index in [9.17, 15) is 9.59 Å². The number of hydrogen-bond donors (Lipinski definition) is 3. The largest absolute Gasteiger partial charge is 0.417 e. The third-order valence-corrected chi connectivity index (χ3v) is 4.55. The van der Waals surface area contributed by atoms with E-state index < -0.39 is 5.76 Å². The van der Waals surface area contributed by atoms with Crippen LogP contribution < -0.4 is 16.4 Å². The van der Waals surface area contributed by atoms with Gasteiger partial charge in [0.1, 0.15) is 5.01 Å². The number of thiazole rings is 1. The van der Waals surface area contributed by atoms with Gasteiger partial charge in [-0.1, -0.05) is 24.3 Å². The van der Waals surface area contributed by atoms with Crippen molar-refractivity contribution in [2.45, 2.75) is 6.54 Å². The highest BCUT2D eigenvalue weighted by Gasteiger charge is 2.09. The summed E-state index contributed by atoms with van der Waals surface area (Å²) in [6.07, 6.45) is 0. The van der Waals surface area contributed by atoms with Crippen LogP contribution in [0.5, 0.6) is 0 Å². The first-order valence-corrected chi connectivity index (χ1v) is 8.73. The summed E-state index contributed by atoms with van der Waals surface area (Å²) < 4.78 is 5.07. The van der Waals surface area contributed by atoms with Gasteiger partial charge in [0.05, 0.1) is 17.8 Å². The van der Waals surface area contributed by atoms with Crippen molar-refractivity contribution in [1.82, 2.24) is 15.3 Å². The van der Waals surface area contributed by atoms with Crippen molar-refractivity contribution >= 4 is 34.2 Å². The fourth-order valence-electron chi connectivity index (χ4n) is 2.48. The van der Waals surface area contributed by atoms with Crippen LogP contribution >= 0.6 is 11.3 Å². The van der Waals surface area contributed by atoms with Crippen LogP contribution in [0.15, 0.2) is 63.1 Å². The van der Waals surface area contributed by atoms with Crippen molar-refractivity contribution < 1.29 is 9.21 Å². The molecule has 0 fully saturated rings. The molecule has 130 valence electrons. The predicted molar refractivity (Wildman–Crippen MR) is 100 cm³/mol. The molecule has 4 rings (SSSR count). The zero-order chi connectivity index (χ0) is 17.9. The van der Waals surface area contributed by atoms with Gasteiger partial charge in [-0.05, 0) is 24.3 Å². The quantitative estimate of drug-likeness (QED) is 0.514. The van der Waals surface area contributed by atoms with Crippen molar-refractivity contribution in [3.05, 3.63) is 69.5 Å². The van der Waals surface area contributed by atoms with Crippen LogP contribution in [0.3, 0.4) is 0 Å². The summed E-state index contributed by atoms with van der Waals surface area (Å²) in [6, 6.07) is 14.3. The molecule has 0 aliphatic rings. The van der Waals surface area contributed by atoms with Gasteiger partial charge in [0.2, 0.25) is 0 Å². The van der Waals surface area contributed by atoms with Crippen LogP contribution in [0.4, 0.5) is 10.5 Å². The molecule has 2 heterocycles. The van der Waals surface area contributed by atoms with Crippen LogP contribution in [-0.2, 0) is 6.54 Å². The van der Waals surface area contributed by atoms with Crippen molar-refractivity contribution in [2.75, 3.05) is 5.32 Å². The van der Waals surface area contributed by atoms with E-state index in [2.05, 4.69) is 20.6 Å². The number of amides is 2. The number of nitrogens with zero attached hydrogens (tertiary/aromatic N) is 1. The van der Waals surface area contributed by atoms with Crippen molar-refractivity contribution in [1.29, 1.82) is 0 Å². The average molecular weight is 366 g/mol. The Kier molecular flexibility index (Phi) is 4.24. The molecule has 0 saturated heterocycles. The number of carbonyl (C=O) groups is 1. The van der Waals surface area contributed by atoms with E-state index >= 15 is 0 Å². The number of oxazole rings is 1. The van der Waals surface area contributed by atoms with Gasteiger partial charge in [-0.3, -0.25) is 4.98 Å². The molecule has 0 bridgehead atoms. The Morgan fingerprint density at radius 3 is 2.88 bits per heavy atom. The first kappa shape index (κ1) is 16.1. The van der Waals surface area contributed by atoms with E-state index in [-0.39, 0.29) is 6.03 Å². The molecular weight excluding hydrogens is 352 g/mol. The summed E-state index contributed by atoms with van der Waals surface area (Å²) >= 11 is 1.45. The van der Waals surface area contributed by atoms with Gasteiger partial charge in [-0.25, -0.2) is 14.6 Å². The highest BCUT2D eigenvalue weighted by molar-refractivity contribution is 7.09. The monoisotopic (exact) mass is 366 g/mol. The Balaban J connectivity index is 1.42. The van der Waals surface area contributed by atoms with Gasteiger partial charge < -0.3 is 15.1 Å². The molecule has 0 aliphatic carbocycles. The van der Waals surface area contributed by atoms with Gasteiger partial charge in [0.25, 0.3) is 0 Å². The zero-order valence-electron chi connectivity index (χ0n) is 13.5. The molecule has 8 heteroatoms. The number of H-pyrrole nitrogens is 1. The van der Waals surface area contributed by atoms with Crippen molar-refractivity contribution in [3.8, 4) is 11.3 Å². The standard InChI is InChI=1S/C18H14N4O3S/c23-17(20-12-4-2-1-3-5-12)19-9-16-21-14(10-26-16)11-6-7-13-15(8-11)25-18(24)22-13/h1-8,10H,9H2,(H,22,24)(H2,19,20,23). The Hall–Kier alpha value is -3.39. The first-order valence-electron chi connectivity index (χ1n) is 7.85. The van der Waals surface area contributed by atoms with Gasteiger partial charge in [-0.15, -0.1) is 11.3 Å². The third kappa shape index (κ3) is 3.50. The second-order valence-corrected chi connectivity index (χ2v) is 6.47. The molecule has 3 N–H and O–H groups in total. The Morgan fingerprint density at radius 1 is 1.19 bits per heavy atom. The van der Waals surface area contributed by atoms with Crippen LogP contribution in [0.2, 0.25) is 0 Å². The topological polar surface area (TPSA) is 100 Å². The number of carbonyl (C=O) groups excluding carboxylic acids is 1. The summed E-state index contributed by atoms with van der Waals surface area (Å²) in [5, 5.41) is 8.21. The maximum atomic E-state index is 11.9. The smallest absolute Gasteiger partial charge is 0.408 e. The number of fused-ring (bicyclic) bond motifs is 1. The molecule has 2 aromatic heterocycles. The Morgan fingerprint density at radius 2 is 2.04 bits per heavy atom. The number of urea groups is 1. The summed E-state index contributed by atoms with van der Waals surface area (Å²) in [5.74, 6) is -0.482. The minimum absolute atomic E-state index is 0.288. The first-order chi connectivity index (χ1) is 12.7. The van der Waals surface area contributed by atoms with Crippen LogP contribution in [-0.4, -0.2) is 16.0 Å². The van der Waals surface area contributed by atoms with E-state index in [0.29, 0.717) is 17.6 Å². The molecule has 0 aliphatic heterocycles. The van der Waals surface area contributed by atoms with Crippen molar-refractivity contribution in [3.63, 3.8) is 0 Å². The lowest BCUT2D eigenvalue weighted by Gasteiger charge is -2.05. The number of rotatable bonds is 4. The highest BCUT2D eigenvalue weighted by atomic mass is 32.1. The van der Waals surface area contributed by atoms with Gasteiger partial charge in [0, 0.05) is 16.6 Å². The molecule has 26 heavy (non-hydrogen) atoms. The SMILES string of the molecule is O=C(NCc1nc(-c2ccc3[nH]c(=O)oc3c2)cs1)Nc1ccccc1. The van der Waals surface area contributed by atoms with E-state index in [1.165, 1.54) is 11.3 Å². The number of hydrogen-bond acceptors (Lipinski definition) is 5. The van der Waals surface area contributed by atoms with Crippen molar-refractivity contribution in [2.24, 2.45) is 0 Å². The minimum Gasteiger partial charge on any atom is -0.408 e. The molecule has 0 radical (unpaired) electrons. The molecule has 7 nitrogen and oxygen atoms in total. The normalized spacial score (nSPS) is 10.8. The van der Waals surface area contributed by atoms with Crippen LogP contribution in [0, 0.1) is 0 Å². The molecule has 0 unspecified atom stereocenters. The number of nitrogens with one attached hydrogen (secondary N) is 3. The fourth-order valence-corrected chi connectivity index (χ4v) is 3.23. The number of benzene rings is 2. The van der Waals surface area contributed by atoms with E-state index in [1.807, 2.05) is 41.8 Å². The second-order valence-electron chi connectivity index (χ2n) is 5.53. The fraction of sp³-hybridized carbons (Fsp3) is 0.0556. The van der Waals surface area contributed by atoms with Crippen LogP contribution in [0.25, 0.3) is 22.4 Å². The molecule has 0 spiro atoms. The Bertz CT molecular complexity index is 1110. The summed E-state index contributed by atoms with van der Waals surface area (Å²) in [5.41, 5.74) is 3.47. The second kappa shape index (κ2) is 6.85. The van der Waals surface area contributed by atoms with E-state index in [4.69, 9.17) is 4.42 Å². The molecule has 4 aromatic rings. The van der Waals surface area contributed by atoms with E-state index in [1.54, 1.807) is 12.1 Å². The number of aromatic amines is 1. The zero-order valence-corrected chi connectivity index (χ0v) is 14.3. The lowest BCUT2D eigenvalue weighted by Crippen LogP contribution is -2.28. The lowest BCUT2D eigenvalue weighted by atomic mass is 10.1. The molecular formula is C18H14N4O3S. The minimum atomic E-state index is -0.482. The average Bonchev–Trinajstić information content (AvgIpc) is 3.25. The van der Waals surface area contributed by atoms with Gasteiger partial charge in [-0.2, -0.15) is 0 Å². The number of anilines is 1. The highest BCUT2D eigenvalue weighted by Crippen LogP contribution is 2.24. The Labute approximate surface area is 151 Å². The maximum Gasteiger partial charge on any atom is 0.417 e. The van der Waals surface area contributed by atoms with E-state index in [0.717, 1.165) is 22.0 Å². The molecule has 0 saturated carbocycles. The summed E-state index contributed by atoms with van der Waals surface area (Å²) in [4.78, 5) is 30.3. The molecule has 2 amide bonds.